The molecule has 2 heterocycles. The van der Waals surface area contributed by atoms with Crippen molar-refractivity contribution >= 4 is 11.0 Å². The molecule has 0 N–H and O–H groups in total. The van der Waals surface area contributed by atoms with E-state index in [-0.39, 0.29) is 0 Å². The standard InChI is InChI=1S/C10H14N4/c1-4-8-5-10-9(6-11-8)12-13-14(10)7(2)3/h5-7H,4H2,1-3H3. The average molecular weight is 190 g/mol. The summed E-state index contributed by atoms with van der Waals surface area (Å²) < 4.78 is 1.93. The van der Waals surface area contributed by atoms with Crippen LogP contribution in [0.3, 0.4) is 0 Å². The van der Waals surface area contributed by atoms with Gasteiger partial charge in [-0.2, -0.15) is 0 Å². The van der Waals surface area contributed by atoms with E-state index >= 15 is 0 Å². The lowest BCUT2D eigenvalue weighted by Gasteiger charge is -2.05. The van der Waals surface area contributed by atoms with Gasteiger partial charge in [0.1, 0.15) is 5.52 Å². The van der Waals surface area contributed by atoms with Crippen LogP contribution in [0.4, 0.5) is 0 Å². The number of aryl methyl sites for hydroxylation is 1. The van der Waals surface area contributed by atoms with Crippen LogP contribution in [0.5, 0.6) is 0 Å². The van der Waals surface area contributed by atoms with Crippen molar-refractivity contribution in [3.8, 4) is 0 Å². The largest absolute Gasteiger partial charge is 0.259 e. The number of nitrogens with zero attached hydrogens (tertiary/aromatic N) is 4. The van der Waals surface area contributed by atoms with Crippen LogP contribution < -0.4 is 0 Å². The highest BCUT2D eigenvalue weighted by molar-refractivity contribution is 5.73. The normalized spacial score (nSPS) is 11.4. The van der Waals surface area contributed by atoms with Gasteiger partial charge in [0.15, 0.2) is 0 Å². The zero-order valence-corrected chi connectivity index (χ0v) is 8.73. The predicted octanol–water partition coefficient (Wildman–Crippen LogP) is 1.97. The smallest absolute Gasteiger partial charge is 0.131 e. The van der Waals surface area contributed by atoms with E-state index in [4.69, 9.17) is 0 Å². The Labute approximate surface area is 83.0 Å². The lowest BCUT2D eigenvalue weighted by Crippen LogP contribution is -2.02. The molecule has 0 fully saturated rings. The van der Waals surface area contributed by atoms with Gasteiger partial charge in [0.25, 0.3) is 0 Å². The highest BCUT2D eigenvalue weighted by Crippen LogP contribution is 2.15. The molecule has 0 amide bonds. The quantitative estimate of drug-likeness (QED) is 0.727. The van der Waals surface area contributed by atoms with E-state index in [1.165, 1.54) is 0 Å². The zero-order chi connectivity index (χ0) is 10.1. The van der Waals surface area contributed by atoms with E-state index in [1.807, 2.05) is 4.68 Å². The molecular formula is C10H14N4. The van der Waals surface area contributed by atoms with Crippen LogP contribution in [0.15, 0.2) is 12.3 Å². The van der Waals surface area contributed by atoms with Gasteiger partial charge in [-0.15, -0.1) is 5.10 Å². The molecule has 0 saturated heterocycles. The second-order valence-electron chi connectivity index (χ2n) is 3.65. The molecule has 74 valence electrons. The number of hydrogen-bond acceptors (Lipinski definition) is 3. The summed E-state index contributed by atoms with van der Waals surface area (Å²) in [5, 5.41) is 8.16. The third-order valence-corrected chi connectivity index (χ3v) is 2.27. The Kier molecular flexibility index (Phi) is 2.19. The summed E-state index contributed by atoms with van der Waals surface area (Å²) in [6.45, 7) is 6.29. The Bertz CT molecular complexity index is 444. The van der Waals surface area contributed by atoms with Crippen molar-refractivity contribution in [1.29, 1.82) is 0 Å². The SMILES string of the molecule is CCc1cc2c(cn1)nnn2C(C)C. The second kappa shape index (κ2) is 3.36. The fourth-order valence-corrected chi connectivity index (χ4v) is 1.46. The second-order valence-corrected chi connectivity index (χ2v) is 3.65. The van der Waals surface area contributed by atoms with Crippen LogP contribution >= 0.6 is 0 Å². The minimum absolute atomic E-state index is 0.340. The topological polar surface area (TPSA) is 43.6 Å². The maximum absolute atomic E-state index is 4.28. The minimum Gasteiger partial charge on any atom is -0.259 e. The molecule has 2 aromatic rings. The molecule has 0 unspecified atom stereocenters. The van der Waals surface area contributed by atoms with Gasteiger partial charge in [0, 0.05) is 11.7 Å². The number of hydrogen-bond donors (Lipinski definition) is 0. The molecule has 2 rings (SSSR count). The van der Waals surface area contributed by atoms with Crippen LogP contribution in [-0.4, -0.2) is 20.0 Å². The van der Waals surface area contributed by atoms with Gasteiger partial charge in [0.05, 0.1) is 11.7 Å². The van der Waals surface area contributed by atoms with E-state index in [0.717, 1.165) is 23.1 Å². The molecule has 0 aliphatic rings. The van der Waals surface area contributed by atoms with Crippen LogP contribution in [0.2, 0.25) is 0 Å². The van der Waals surface area contributed by atoms with Gasteiger partial charge in [-0.3, -0.25) is 4.98 Å². The Morgan fingerprint density at radius 1 is 1.43 bits per heavy atom. The van der Waals surface area contributed by atoms with E-state index in [0.29, 0.717) is 6.04 Å². The van der Waals surface area contributed by atoms with Crippen LogP contribution in [0.25, 0.3) is 11.0 Å². The fraction of sp³-hybridized carbons (Fsp3) is 0.500. The first-order valence-corrected chi connectivity index (χ1v) is 4.92. The Morgan fingerprint density at radius 3 is 2.86 bits per heavy atom. The van der Waals surface area contributed by atoms with Crippen LogP contribution in [-0.2, 0) is 6.42 Å². The van der Waals surface area contributed by atoms with Gasteiger partial charge in [-0.1, -0.05) is 12.1 Å². The predicted molar refractivity (Wildman–Crippen MR) is 55.1 cm³/mol. The maximum atomic E-state index is 4.28. The molecule has 0 spiro atoms. The number of fused-ring (bicyclic) bond motifs is 1. The summed E-state index contributed by atoms with van der Waals surface area (Å²) >= 11 is 0. The van der Waals surface area contributed by atoms with Crippen molar-refractivity contribution in [1.82, 2.24) is 20.0 Å². The Hall–Kier alpha value is -1.45. The van der Waals surface area contributed by atoms with Crippen molar-refractivity contribution in [2.45, 2.75) is 33.2 Å². The van der Waals surface area contributed by atoms with E-state index in [9.17, 15) is 0 Å². The zero-order valence-electron chi connectivity index (χ0n) is 8.73. The summed E-state index contributed by atoms with van der Waals surface area (Å²) in [6.07, 6.45) is 2.74. The van der Waals surface area contributed by atoms with Gasteiger partial charge in [-0.05, 0) is 26.3 Å². The summed E-state index contributed by atoms with van der Waals surface area (Å²) in [5.41, 5.74) is 3.03. The number of aromatic nitrogens is 4. The highest BCUT2D eigenvalue weighted by Gasteiger charge is 2.07. The lowest BCUT2D eigenvalue weighted by molar-refractivity contribution is 0.530. The van der Waals surface area contributed by atoms with Crippen molar-refractivity contribution in [3.63, 3.8) is 0 Å². The van der Waals surface area contributed by atoms with Gasteiger partial charge >= 0.3 is 0 Å². The van der Waals surface area contributed by atoms with Crippen molar-refractivity contribution in [2.75, 3.05) is 0 Å². The van der Waals surface area contributed by atoms with Gasteiger partial charge in [0.2, 0.25) is 0 Å². The van der Waals surface area contributed by atoms with Crippen molar-refractivity contribution in [2.24, 2.45) is 0 Å². The molecule has 0 aliphatic heterocycles. The van der Waals surface area contributed by atoms with Crippen molar-refractivity contribution in [3.05, 3.63) is 18.0 Å². The molecule has 0 bridgehead atoms. The van der Waals surface area contributed by atoms with Crippen molar-refractivity contribution < 1.29 is 0 Å². The molecular weight excluding hydrogens is 176 g/mol. The molecule has 4 heteroatoms. The summed E-state index contributed by atoms with van der Waals surface area (Å²) in [6, 6.07) is 2.40. The van der Waals surface area contributed by atoms with Crippen LogP contribution in [0, 0.1) is 0 Å². The third-order valence-electron chi connectivity index (χ3n) is 2.27. The number of pyridine rings is 1. The molecule has 0 atom stereocenters. The average Bonchev–Trinajstić information content (AvgIpc) is 2.59. The molecule has 0 aliphatic carbocycles. The molecule has 14 heavy (non-hydrogen) atoms. The first-order valence-electron chi connectivity index (χ1n) is 4.92. The van der Waals surface area contributed by atoms with E-state index < -0.39 is 0 Å². The third kappa shape index (κ3) is 1.36. The minimum atomic E-state index is 0.340. The first kappa shape index (κ1) is 9.12. The molecule has 0 aromatic carbocycles. The summed E-state index contributed by atoms with van der Waals surface area (Å²) in [5.74, 6) is 0. The first-order chi connectivity index (χ1) is 6.72. The van der Waals surface area contributed by atoms with Gasteiger partial charge in [-0.25, -0.2) is 4.68 Å². The molecule has 0 radical (unpaired) electrons. The number of rotatable bonds is 2. The molecule has 4 nitrogen and oxygen atoms in total. The Morgan fingerprint density at radius 2 is 2.21 bits per heavy atom. The summed E-state index contributed by atoms with van der Waals surface area (Å²) in [4.78, 5) is 4.28. The monoisotopic (exact) mass is 190 g/mol. The van der Waals surface area contributed by atoms with E-state index in [1.54, 1.807) is 6.20 Å². The van der Waals surface area contributed by atoms with Crippen LogP contribution in [0.1, 0.15) is 32.5 Å². The maximum Gasteiger partial charge on any atom is 0.131 e. The fourth-order valence-electron chi connectivity index (χ4n) is 1.46. The highest BCUT2D eigenvalue weighted by atomic mass is 15.4. The lowest BCUT2D eigenvalue weighted by atomic mass is 10.2. The Balaban J connectivity index is 2.63. The van der Waals surface area contributed by atoms with E-state index in [2.05, 4.69) is 42.1 Å². The molecule has 2 aromatic heterocycles. The molecule has 0 saturated carbocycles. The van der Waals surface area contributed by atoms with Gasteiger partial charge < -0.3 is 0 Å². The summed E-state index contributed by atoms with van der Waals surface area (Å²) in [7, 11) is 0.